The first-order chi connectivity index (χ1) is 15.0. The number of fused-ring (bicyclic) bond motifs is 7. The van der Waals surface area contributed by atoms with Crippen LogP contribution in [0, 0.1) is 45.8 Å². The van der Waals surface area contributed by atoms with Crippen molar-refractivity contribution in [2.75, 3.05) is 0 Å². The third kappa shape index (κ3) is 2.71. The molecule has 5 aliphatic carbocycles. The molecule has 5 aliphatic rings. The topological polar surface area (TPSA) is 63.6 Å². The summed E-state index contributed by atoms with van der Waals surface area (Å²) in [6.45, 7) is 10.4. The molecule has 0 aromatic carbocycles. The number of carbonyl (C=O) groups excluding carboxylic acids is 2. The summed E-state index contributed by atoms with van der Waals surface area (Å²) in [7, 11) is 0. The minimum absolute atomic E-state index is 0.105. The molecule has 0 radical (unpaired) electrons. The van der Waals surface area contributed by atoms with Crippen LogP contribution in [0.25, 0.3) is 0 Å². The normalized spacial score (nSPS) is 54.6. The Morgan fingerprint density at radius 3 is 2.31 bits per heavy atom. The number of hydrogen-bond acceptors (Lipinski definition) is 4. The molecular weight excluding hydrogens is 400 g/mol. The van der Waals surface area contributed by atoms with Crippen LogP contribution >= 0.6 is 0 Å². The van der Waals surface area contributed by atoms with E-state index >= 15 is 0 Å². The molecule has 0 heterocycles. The number of ketones is 1. The molecule has 0 saturated heterocycles. The number of ether oxygens (including phenoxy) is 1. The highest BCUT2D eigenvalue weighted by molar-refractivity contribution is 5.84. The second kappa shape index (κ2) is 7.30. The van der Waals surface area contributed by atoms with Crippen LogP contribution < -0.4 is 0 Å². The summed E-state index contributed by atoms with van der Waals surface area (Å²) < 4.78 is 5.59. The standard InChI is InChI=1S/C28H44O4/c1-17-14-22-23(26(5)12-9-21(32-19(3)30)16-28(17,26)31)10-13-25(4)24(22)15-20-8-6-7-11-27(20,25)18(2)29/h17,20-24,31H,6-16H2,1-5H3/t17?,20-,21?,22?,23?,24+,25+,26-,27?,28+/m1/s1. The van der Waals surface area contributed by atoms with Crippen molar-refractivity contribution in [1.29, 1.82) is 0 Å². The van der Waals surface area contributed by atoms with Crippen molar-refractivity contribution in [2.24, 2.45) is 45.8 Å². The van der Waals surface area contributed by atoms with Crippen molar-refractivity contribution in [3.8, 4) is 0 Å². The Bertz CT molecular complexity index is 807. The van der Waals surface area contributed by atoms with Crippen LogP contribution in [-0.2, 0) is 14.3 Å². The van der Waals surface area contributed by atoms with E-state index in [1.807, 2.05) is 6.92 Å². The lowest BCUT2D eigenvalue weighted by atomic mass is 9.40. The third-order valence-corrected chi connectivity index (χ3v) is 12.2. The highest BCUT2D eigenvalue weighted by Gasteiger charge is 2.72. The number of Topliss-reactive ketones (excluding diaryl/α,β-unsaturated/α-hetero) is 1. The summed E-state index contributed by atoms with van der Waals surface area (Å²) in [5, 5.41) is 12.1. The van der Waals surface area contributed by atoms with E-state index in [1.165, 1.54) is 32.6 Å². The van der Waals surface area contributed by atoms with E-state index in [1.54, 1.807) is 0 Å². The molecule has 1 N–H and O–H groups in total. The predicted molar refractivity (Wildman–Crippen MR) is 124 cm³/mol. The van der Waals surface area contributed by atoms with Gasteiger partial charge in [0, 0.05) is 18.8 Å². The third-order valence-electron chi connectivity index (χ3n) is 12.2. The van der Waals surface area contributed by atoms with Gasteiger partial charge in [-0.3, -0.25) is 9.59 Å². The maximum Gasteiger partial charge on any atom is 0.302 e. The fourth-order valence-electron chi connectivity index (χ4n) is 10.8. The van der Waals surface area contributed by atoms with Crippen LogP contribution in [0.3, 0.4) is 0 Å². The van der Waals surface area contributed by atoms with Crippen molar-refractivity contribution < 1.29 is 19.4 Å². The van der Waals surface area contributed by atoms with Crippen LogP contribution in [0.15, 0.2) is 0 Å². The highest BCUT2D eigenvalue weighted by atomic mass is 16.5. The first-order valence-electron chi connectivity index (χ1n) is 13.4. The van der Waals surface area contributed by atoms with Crippen molar-refractivity contribution in [1.82, 2.24) is 0 Å². The molecule has 5 saturated carbocycles. The Balaban J connectivity index is 1.49. The van der Waals surface area contributed by atoms with Gasteiger partial charge in [0.1, 0.15) is 11.9 Å². The average Bonchev–Trinajstić information content (AvgIpc) is 3.00. The molecule has 0 aromatic heterocycles. The lowest BCUT2D eigenvalue weighted by Gasteiger charge is -2.66. The van der Waals surface area contributed by atoms with E-state index in [0.717, 1.165) is 38.5 Å². The summed E-state index contributed by atoms with van der Waals surface area (Å²) >= 11 is 0. The second-order valence-corrected chi connectivity index (χ2v) is 13.0. The SMILES string of the molecule is CC(=O)OC1CC[C@]2(C)C3CC[C@@]4(C)[C@@H](C[C@H]5CCCCC54C(C)=O)C3CC(C)[C@@]2(O)C1. The average molecular weight is 445 g/mol. The summed E-state index contributed by atoms with van der Waals surface area (Å²) in [5.74, 6) is 2.67. The van der Waals surface area contributed by atoms with Crippen molar-refractivity contribution in [3.63, 3.8) is 0 Å². The van der Waals surface area contributed by atoms with Gasteiger partial charge < -0.3 is 9.84 Å². The van der Waals surface area contributed by atoms with E-state index in [-0.39, 0.29) is 34.2 Å². The minimum atomic E-state index is -0.774. The molecule has 10 atom stereocenters. The zero-order valence-corrected chi connectivity index (χ0v) is 20.9. The van der Waals surface area contributed by atoms with Gasteiger partial charge in [0.05, 0.1) is 5.60 Å². The second-order valence-electron chi connectivity index (χ2n) is 13.0. The van der Waals surface area contributed by atoms with E-state index in [2.05, 4.69) is 20.8 Å². The smallest absolute Gasteiger partial charge is 0.302 e. The quantitative estimate of drug-likeness (QED) is 0.555. The first-order valence-corrected chi connectivity index (χ1v) is 13.4. The van der Waals surface area contributed by atoms with E-state index < -0.39 is 5.60 Å². The van der Waals surface area contributed by atoms with Gasteiger partial charge in [-0.25, -0.2) is 0 Å². The number of carbonyl (C=O) groups is 2. The van der Waals surface area contributed by atoms with Gasteiger partial charge in [0.25, 0.3) is 0 Å². The van der Waals surface area contributed by atoms with Crippen molar-refractivity contribution in [2.45, 2.75) is 117 Å². The van der Waals surface area contributed by atoms with Crippen molar-refractivity contribution >= 4 is 11.8 Å². The van der Waals surface area contributed by atoms with Gasteiger partial charge in [-0.1, -0.05) is 33.6 Å². The number of esters is 1. The number of hydrogen-bond donors (Lipinski definition) is 1. The number of aliphatic hydroxyl groups is 1. The summed E-state index contributed by atoms with van der Waals surface area (Å²) in [6, 6.07) is 0. The van der Waals surface area contributed by atoms with Gasteiger partial charge >= 0.3 is 5.97 Å². The molecule has 5 rings (SSSR count). The molecular formula is C28H44O4. The molecule has 0 bridgehead atoms. The highest BCUT2D eigenvalue weighted by Crippen LogP contribution is 2.75. The summed E-state index contributed by atoms with van der Waals surface area (Å²) in [6.07, 6.45) is 11.5. The molecule has 5 unspecified atom stereocenters. The fraction of sp³-hybridized carbons (Fsp3) is 0.929. The monoisotopic (exact) mass is 444 g/mol. The van der Waals surface area contributed by atoms with Gasteiger partial charge in [-0.2, -0.15) is 0 Å². The van der Waals surface area contributed by atoms with Crippen LogP contribution in [0.1, 0.15) is 105 Å². The van der Waals surface area contributed by atoms with Crippen molar-refractivity contribution in [3.05, 3.63) is 0 Å². The molecule has 0 aliphatic heterocycles. The molecule has 180 valence electrons. The number of rotatable bonds is 2. The Kier molecular flexibility index (Phi) is 5.22. The minimum Gasteiger partial charge on any atom is -0.462 e. The molecule has 32 heavy (non-hydrogen) atoms. The van der Waals surface area contributed by atoms with E-state index in [4.69, 9.17) is 4.74 Å². The molecule has 4 heteroatoms. The molecule has 5 fully saturated rings. The Labute approximate surface area is 194 Å². The lowest BCUT2D eigenvalue weighted by molar-refractivity contribution is -0.248. The summed E-state index contributed by atoms with van der Waals surface area (Å²) in [5.41, 5.74) is -0.897. The van der Waals surface area contributed by atoms with Crippen LogP contribution in [0.4, 0.5) is 0 Å². The maximum absolute atomic E-state index is 13.3. The Morgan fingerprint density at radius 2 is 1.62 bits per heavy atom. The maximum atomic E-state index is 13.3. The molecule has 0 aromatic rings. The van der Waals surface area contributed by atoms with Crippen LogP contribution in [-0.4, -0.2) is 28.6 Å². The van der Waals surface area contributed by atoms with Gasteiger partial charge in [-0.05, 0) is 98.7 Å². The van der Waals surface area contributed by atoms with E-state index in [0.29, 0.717) is 35.9 Å². The lowest BCUT2D eigenvalue weighted by Crippen LogP contribution is -2.66. The van der Waals surface area contributed by atoms with Gasteiger partial charge in [0.15, 0.2) is 0 Å². The Morgan fingerprint density at radius 1 is 0.906 bits per heavy atom. The first kappa shape index (κ1) is 22.9. The fourth-order valence-corrected chi connectivity index (χ4v) is 10.8. The van der Waals surface area contributed by atoms with Gasteiger partial charge in [0.2, 0.25) is 0 Å². The summed E-state index contributed by atoms with van der Waals surface area (Å²) in [4.78, 5) is 24.9. The zero-order chi connectivity index (χ0) is 23.1. The molecule has 0 spiro atoms. The van der Waals surface area contributed by atoms with E-state index in [9.17, 15) is 14.7 Å². The predicted octanol–water partition coefficient (Wildman–Crippen LogP) is 5.70. The molecule has 4 nitrogen and oxygen atoms in total. The van der Waals surface area contributed by atoms with Gasteiger partial charge in [-0.15, -0.1) is 0 Å². The largest absolute Gasteiger partial charge is 0.462 e. The van der Waals surface area contributed by atoms with Crippen LogP contribution in [0.2, 0.25) is 0 Å². The zero-order valence-electron chi connectivity index (χ0n) is 20.9. The Hall–Kier alpha value is -0.900. The van der Waals surface area contributed by atoms with Crippen LogP contribution in [0.5, 0.6) is 0 Å². The molecule has 0 amide bonds.